The van der Waals surface area contributed by atoms with Crippen molar-refractivity contribution in [2.24, 2.45) is 0 Å². The number of anilines is 2. The first-order valence-electron chi connectivity index (χ1n) is 7.17. The minimum Gasteiger partial charge on any atom is -0.370 e. The average Bonchev–Trinajstić information content (AvgIpc) is 2.33. The van der Waals surface area contributed by atoms with E-state index in [1.165, 1.54) is 6.26 Å². The number of aromatic nitrogens is 2. The maximum Gasteiger partial charge on any atom is 0.149 e. The summed E-state index contributed by atoms with van der Waals surface area (Å²) in [5.41, 5.74) is -0.169. The van der Waals surface area contributed by atoms with Crippen molar-refractivity contribution < 1.29 is 8.42 Å². The second-order valence-electron chi connectivity index (χ2n) is 6.20. The zero-order valence-corrected chi connectivity index (χ0v) is 14.3. The average molecular weight is 314 g/mol. The molecule has 0 aliphatic heterocycles. The summed E-state index contributed by atoms with van der Waals surface area (Å²) in [5, 5.41) is 6.30. The molecule has 0 saturated carbocycles. The van der Waals surface area contributed by atoms with Crippen molar-refractivity contribution in [2.75, 3.05) is 35.7 Å². The molecule has 0 radical (unpaired) electrons. The van der Waals surface area contributed by atoms with E-state index in [0.29, 0.717) is 12.4 Å². The second kappa shape index (κ2) is 7.06. The molecule has 0 atom stereocenters. The Balaban J connectivity index is 2.91. The third-order valence-corrected chi connectivity index (χ3v) is 3.68. The first-order chi connectivity index (χ1) is 9.62. The maximum atomic E-state index is 11.2. The van der Waals surface area contributed by atoms with Crippen LogP contribution in [0.5, 0.6) is 0 Å². The van der Waals surface area contributed by atoms with Gasteiger partial charge < -0.3 is 10.6 Å². The van der Waals surface area contributed by atoms with E-state index in [9.17, 15) is 8.42 Å². The van der Waals surface area contributed by atoms with Gasteiger partial charge in [0.05, 0.1) is 5.75 Å². The summed E-state index contributed by atoms with van der Waals surface area (Å²) in [6.45, 7) is 9.41. The molecule has 1 rings (SSSR count). The number of hydrogen-bond acceptors (Lipinski definition) is 6. The van der Waals surface area contributed by atoms with Gasteiger partial charge in [0.25, 0.3) is 0 Å². The summed E-state index contributed by atoms with van der Waals surface area (Å²) < 4.78 is 22.3. The molecule has 0 aliphatic rings. The first kappa shape index (κ1) is 17.7. The quantitative estimate of drug-likeness (QED) is 0.801. The molecule has 7 heteroatoms. The van der Waals surface area contributed by atoms with E-state index in [2.05, 4.69) is 27.5 Å². The monoisotopic (exact) mass is 314 g/mol. The highest BCUT2D eigenvalue weighted by atomic mass is 32.2. The Labute approximate surface area is 127 Å². The number of hydrogen-bond donors (Lipinski definition) is 2. The Morgan fingerprint density at radius 3 is 2.05 bits per heavy atom. The van der Waals surface area contributed by atoms with Gasteiger partial charge in [0.1, 0.15) is 27.3 Å². The minimum absolute atomic E-state index is 0.0829. The minimum atomic E-state index is -2.98. The van der Waals surface area contributed by atoms with Crippen molar-refractivity contribution in [2.45, 2.75) is 39.5 Å². The lowest BCUT2D eigenvalue weighted by Crippen LogP contribution is -2.20. The Hall–Kier alpha value is -1.37. The lowest BCUT2D eigenvalue weighted by Gasteiger charge is -2.19. The molecule has 1 aromatic heterocycles. The summed E-state index contributed by atoms with van der Waals surface area (Å²) in [4.78, 5) is 8.99. The molecular weight excluding hydrogens is 288 g/mol. The van der Waals surface area contributed by atoms with Crippen molar-refractivity contribution in [1.82, 2.24) is 9.97 Å². The molecule has 1 heterocycles. The van der Waals surface area contributed by atoms with Gasteiger partial charge in [-0.3, -0.25) is 0 Å². The van der Waals surface area contributed by atoms with Crippen molar-refractivity contribution in [3.63, 3.8) is 0 Å². The van der Waals surface area contributed by atoms with Gasteiger partial charge in [-0.2, -0.15) is 0 Å². The van der Waals surface area contributed by atoms with Crippen LogP contribution >= 0.6 is 0 Å². The van der Waals surface area contributed by atoms with Crippen molar-refractivity contribution >= 4 is 21.5 Å². The number of nitrogens with one attached hydrogen (secondary N) is 2. The van der Waals surface area contributed by atoms with Gasteiger partial charge in [-0.15, -0.1) is 0 Å². The van der Waals surface area contributed by atoms with Crippen LogP contribution in [0, 0.1) is 0 Å². The molecule has 0 bridgehead atoms. The molecular formula is C14H26N4O2S. The van der Waals surface area contributed by atoms with E-state index in [1.807, 2.05) is 26.8 Å². The predicted octanol–water partition coefficient (Wildman–Crippen LogP) is 2.05. The van der Waals surface area contributed by atoms with E-state index < -0.39 is 9.84 Å². The molecule has 0 amide bonds. The second-order valence-corrected chi connectivity index (χ2v) is 8.46. The van der Waals surface area contributed by atoms with Crippen LogP contribution in [-0.4, -0.2) is 43.5 Å². The van der Waals surface area contributed by atoms with Gasteiger partial charge in [-0.05, 0) is 6.42 Å². The summed E-state index contributed by atoms with van der Waals surface area (Å²) >= 11 is 0. The van der Waals surface area contributed by atoms with E-state index in [1.54, 1.807) is 0 Å². The molecule has 0 aliphatic carbocycles. The van der Waals surface area contributed by atoms with Gasteiger partial charge in [0.2, 0.25) is 0 Å². The fourth-order valence-corrected chi connectivity index (χ4v) is 2.05. The Kier molecular flexibility index (Phi) is 5.95. The summed E-state index contributed by atoms with van der Waals surface area (Å²) in [5.74, 6) is 2.22. The third kappa shape index (κ3) is 6.75. The number of nitrogens with zero attached hydrogens (tertiary/aromatic N) is 2. The predicted molar refractivity (Wildman–Crippen MR) is 87.7 cm³/mol. The van der Waals surface area contributed by atoms with Crippen LogP contribution < -0.4 is 10.6 Å². The van der Waals surface area contributed by atoms with Crippen LogP contribution in [0.3, 0.4) is 0 Å². The first-order valence-corrected chi connectivity index (χ1v) is 9.23. The highest BCUT2D eigenvalue weighted by molar-refractivity contribution is 7.90. The third-order valence-electron chi connectivity index (χ3n) is 2.73. The summed E-state index contributed by atoms with van der Waals surface area (Å²) in [6, 6.07) is 1.81. The van der Waals surface area contributed by atoms with E-state index in [0.717, 1.165) is 24.6 Å². The molecule has 120 valence electrons. The fraction of sp³-hybridized carbons (Fsp3) is 0.714. The molecule has 0 spiro atoms. The molecule has 0 unspecified atom stereocenters. The van der Waals surface area contributed by atoms with Gasteiger partial charge in [0.15, 0.2) is 0 Å². The van der Waals surface area contributed by atoms with Gasteiger partial charge in [-0.1, -0.05) is 27.7 Å². The maximum absolute atomic E-state index is 11.2. The smallest absolute Gasteiger partial charge is 0.149 e. The fourth-order valence-electron chi connectivity index (χ4n) is 1.58. The van der Waals surface area contributed by atoms with Crippen molar-refractivity contribution in [3.05, 3.63) is 11.9 Å². The number of rotatable bonds is 7. The summed E-state index contributed by atoms with van der Waals surface area (Å²) in [7, 11) is -2.98. The zero-order chi connectivity index (χ0) is 16.1. The molecule has 0 fully saturated rings. The highest BCUT2D eigenvalue weighted by Gasteiger charge is 2.19. The Bertz CT molecular complexity index is 565. The van der Waals surface area contributed by atoms with Crippen LogP contribution in [0.15, 0.2) is 6.07 Å². The van der Waals surface area contributed by atoms with E-state index in [-0.39, 0.29) is 11.2 Å². The zero-order valence-electron chi connectivity index (χ0n) is 13.5. The topological polar surface area (TPSA) is 84.0 Å². The van der Waals surface area contributed by atoms with Crippen LogP contribution in [0.1, 0.15) is 39.9 Å². The molecule has 0 saturated heterocycles. The van der Waals surface area contributed by atoms with Crippen LogP contribution in [0.25, 0.3) is 0 Å². The van der Waals surface area contributed by atoms with Crippen LogP contribution in [-0.2, 0) is 15.3 Å². The van der Waals surface area contributed by atoms with Gasteiger partial charge in [-0.25, -0.2) is 18.4 Å². The van der Waals surface area contributed by atoms with E-state index >= 15 is 0 Å². The Morgan fingerprint density at radius 2 is 1.62 bits per heavy atom. The molecule has 6 nitrogen and oxygen atoms in total. The molecule has 1 aromatic rings. The normalized spacial score (nSPS) is 12.2. The molecule has 21 heavy (non-hydrogen) atoms. The lowest BCUT2D eigenvalue weighted by molar-refractivity contribution is 0.546. The highest BCUT2D eigenvalue weighted by Crippen LogP contribution is 2.22. The van der Waals surface area contributed by atoms with Crippen molar-refractivity contribution in [1.29, 1.82) is 0 Å². The van der Waals surface area contributed by atoms with Gasteiger partial charge >= 0.3 is 0 Å². The van der Waals surface area contributed by atoms with Crippen LogP contribution in [0.4, 0.5) is 11.6 Å². The van der Waals surface area contributed by atoms with Gasteiger partial charge in [0, 0.05) is 30.8 Å². The largest absolute Gasteiger partial charge is 0.370 e. The molecule has 2 N–H and O–H groups in total. The number of sulfone groups is 1. The standard InChI is InChI=1S/C14H26N4O2S/c1-6-7-15-11-10-12(16-8-9-21(5,19)20)18-13(17-11)14(2,3)4/h10H,6-9H2,1-5H3,(H2,15,16,17,18). The molecule has 0 aromatic carbocycles. The lowest BCUT2D eigenvalue weighted by atomic mass is 9.96. The van der Waals surface area contributed by atoms with Crippen molar-refractivity contribution in [3.8, 4) is 0 Å². The van der Waals surface area contributed by atoms with E-state index in [4.69, 9.17) is 0 Å². The Morgan fingerprint density at radius 1 is 1.10 bits per heavy atom. The van der Waals surface area contributed by atoms with Crippen LogP contribution in [0.2, 0.25) is 0 Å². The SMILES string of the molecule is CCCNc1cc(NCCS(C)(=O)=O)nc(C(C)(C)C)n1. The summed E-state index contributed by atoms with van der Waals surface area (Å²) in [6.07, 6.45) is 2.23.